The lowest BCUT2D eigenvalue weighted by Crippen LogP contribution is -2.36. The van der Waals surface area contributed by atoms with Gasteiger partial charge in [-0.2, -0.15) is 8.42 Å². The minimum absolute atomic E-state index is 0.0427. The van der Waals surface area contributed by atoms with Crippen LogP contribution in [-0.4, -0.2) is 70.2 Å². The summed E-state index contributed by atoms with van der Waals surface area (Å²) in [6.07, 6.45) is 19.7. The van der Waals surface area contributed by atoms with Crippen molar-refractivity contribution in [3.63, 3.8) is 0 Å². The second-order valence-electron chi connectivity index (χ2n) is 11.9. The highest BCUT2D eigenvalue weighted by Gasteiger charge is 2.16. The molecule has 46 heavy (non-hydrogen) atoms. The largest absolute Gasteiger partial charge is 0.372 e. The number of aromatic nitrogens is 1. The van der Waals surface area contributed by atoms with Gasteiger partial charge in [0.25, 0.3) is 10.1 Å². The number of hydrogen-bond acceptors (Lipinski definition) is 5. The Bertz CT molecular complexity index is 1270. The second-order valence-corrected chi connectivity index (χ2v) is 14.5. The first-order valence-corrected chi connectivity index (χ1v) is 19.8. The van der Waals surface area contributed by atoms with E-state index < -0.39 is 27.0 Å². The van der Waals surface area contributed by atoms with Gasteiger partial charge in [0.2, 0.25) is 5.91 Å². The molecule has 258 valence electrons. The first-order chi connectivity index (χ1) is 22.1. The number of hydrogen-bond donors (Lipinski definition) is 2. The average Bonchev–Trinajstić information content (AvgIpc) is 3.02. The maximum absolute atomic E-state index is 12.8. The Balaban J connectivity index is 1.88. The van der Waals surface area contributed by atoms with Gasteiger partial charge < -0.3 is 14.4 Å². The standard InChI is InChI=1S/C35H55N3O6S2/c1-3-5-7-9-24-37(25-10-8-6-4-2)34-19-17-32(18-20-34)15-16-33-21-28-36(29-22-33)23-11-14-35(39)38(26-12-30-45(40)41)27-13-31-46(42,43)44/h15-22,28-29H,3-14,23-27,30-31H2,1-2H3,(H-,40,41,42,43,44)/p+1. The molecule has 2 rings (SSSR count). The molecule has 0 aliphatic carbocycles. The molecule has 0 aliphatic heterocycles. The zero-order valence-corrected chi connectivity index (χ0v) is 29.5. The van der Waals surface area contributed by atoms with Crippen molar-refractivity contribution in [2.24, 2.45) is 0 Å². The van der Waals surface area contributed by atoms with Crippen LogP contribution >= 0.6 is 0 Å². The number of aryl methyl sites for hydroxylation is 1. The molecule has 1 heterocycles. The molecule has 0 saturated heterocycles. The van der Waals surface area contributed by atoms with Crippen molar-refractivity contribution in [3.05, 3.63) is 59.9 Å². The highest BCUT2D eigenvalue weighted by Crippen LogP contribution is 2.19. The zero-order valence-electron chi connectivity index (χ0n) is 27.9. The summed E-state index contributed by atoms with van der Waals surface area (Å²) in [5, 5.41) is 0. The summed E-state index contributed by atoms with van der Waals surface area (Å²) in [6.45, 7) is 7.81. The van der Waals surface area contributed by atoms with Gasteiger partial charge in [0.15, 0.2) is 23.5 Å². The van der Waals surface area contributed by atoms with Gasteiger partial charge in [-0.3, -0.25) is 9.35 Å². The van der Waals surface area contributed by atoms with Gasteiger partial charge in [0, 0.05) is 56.8 Å². The highest BCUT2D eigenvalue weighted by molar-refractivity contribution is 7.85. The van der Waals surface area contributed by atoms with E-state index in [9.17, 15) is 17.4 Å². The SMILES string of the molecule is CCCCCCN(CCCCCC)c1ccc(/C=C/c2cc[n+](CCCC(=O)N(CCCS(=O)O)CCCS(=O)(=O)O)cc2)cc1. The Morgan fingerprint density at radius 3 is 1.89 bits per heavy atom. The smallest absolute Gasteiger partial charge is 0.264 e. The highest BCUT2D eigenvalue weighted by atomic mass is 32.2. The van der Waals surface area contributed by atoms with Gasteiger partial charge in [-0.05, 0) is 48.9 Å². The zero-order chi connectivity index (χ0) is 33.6. The first-order valence-electron chi connectivity index (χ1n) is 16.9. The third-order valence-electron chi connectivity index (χ3n) is 7.94. The molecule has 1 amide bonds. The normalized spacial score (nSPS) is 12.4. The molecule has 2 N–H and O–H groups in total. The topological polar surface area (TPSA) is 119 Å². The van der Waals surface area contributed by atoms with Gasteiger partial charge in [-0.1, -0.05) is 76.7 Å². The van der Waals surface area contributed by atoms with Gasteiger partial charge in [0.05, 0.1) is 11.5 Å². The summed E-state index contributed by atoms with van der Waals surface area (Å²) in [6, 6.07) is 12.9. The van der Waals surface area contributed by atoms with Crippen LogP contribution in [0.4, 0.5) is 5.69 Å². The van der Waals surface area contributed by atoms with Crippen molar-refractivity contribution < 1.29 is 31.1 Å². The predicted octanol–water partition coefficient (Wildman–Crippen LogP) is 6.61. The molecule has 1 atom stereocenters. The fraction of sp³-hybridized carbons (Fsp3) is 0.600. The minimum atomic E-state index is -4.11. The lowest BCUT2D eigenvalue weighted by atomic mass is 10.1. The fourth-order valence-corrected chi connectivity index (χ4v) is 6.17. The van der Waals surface area contributed by atoms with E-state index >= 15 is 0 Å². The van der Waals surface area contributed by atoms with Crippen molar-refractivity contribution in [3.8, 4) is 0 Å². The minimum Gasteiger partial charge on any atom is -0.372 e. The number of rotatable bonds is 25. The first kappa shape index (κ1) is 39.6. The van der Waals surface area contributed by atoms with Crippen LogP contribution in [0.5, 0.6) is 0 Å². The molecule has 11 heteroatoms. The lowest BCUT2D eigenvalue weighted by molar-refractivity contribution is -0.697. The summed E-state index contributed by atoms with van der Waals surface area (Å²) in [5.41, 5.74) is 3.53. The van der Waals surface area contributed by atoms with E-state index in [4.69, 9.17) is 9.11 Å². The van der Waals surface area contributed by atoms with Crippen LogP contribution in [0.2, 0.25) is 0 Å². The van der Waals surface area contributed by atoms with Crippen molar-refractivity contribution in [1.29, 1.82) is 0 Å². The quantitative estimate of drug-likeness (QED) is 0.0525. The molecule has 0 fully saturated rings. The van der Waals surface area contributed by atoms with Crippen LogP contribution in [-0.2, 0) is 32.5 Å². The number of carbonyl (C=O) groups is 1. The third kappa shape index (κ3) is 17.9. The van der Waals surface area contributed by atoms with Crippen LogP contribution in [0, 0.1) is 0 Å². The van der Waals surface area contributed by atoms with E-state index in [1.165, 1.54) is 62.0 Å². The molecule has 0 saturated carbocycles. The van der Waals surface area contributed by atoms with Gasteiger partial charge in [-0.25, -0.2) is 8.78 Å². The monoisotopic (exact) mass is 678 g/mol. The number of benzene rings is 1. The van der Waals surface area contributed by atoms with Crippen LogP contribution in [0.15, 0.2) is 48.8 Å². The number of anilines is 1. The van der Waals surface area contributed by atoms with Crippen molar-refractivity contribution in [2.75, 3.05) is 42.6 Å². The van der Waals surface area contributed by atoms with Crippen LogP contribution < -0.4 is 9.47 Å². The van der Waals surface area contributed by atoms with Crippen LogP contribution in [0.3, 0.4) is 0 Å². The van der Waals surface area contributed by atoms with Crippen LogP contribution in [0.1, 0.15) is 102 Å². The van der Waals surface area contributed by atoms with E-state index in [1.54, 1.807) is 0 Å². The van der Waals surface area contributed by atoms with Gasteiger partial charge in [0.1, 0.15) is 6.54 Å². The van der Waals surface area contributed by atoms with Crippen molar-refractivity contribution in [1.82, 2.24) is 4.90 Å². The molecule has 1 aromatic heterocycles. The molecule has 1 aromatic carbocycles. The Kier molecular flexibility index (Phi) is 19.7. The molecular formula is C35H56N3O6S2+. The van der Waals surface area contributed by atoms with E-state index in [0.717, 1.165) is 24.2 Å². The second kappa shape index (κ2) is 22.8. The summed E-state index contributed by atoms with van der Waals surface area (Å²) in [7, 11) is -4.11. The molecule has 0 radical (unpaired) electrons. The average molecular weight is 679 g/mol. The summed E-state index contributed by atoms with van der Waals surface area (Å²) in [4.78, 5) is 16.9. The van der Waals surface area contributed by atoms with E-state index in [0.29, 0.717) is 19.4 Å². The molecule has 2 aromatic rings. The van der Waals surface area contributed by atoms with Crippen molar-refractivity contribution >= 4 is 44.9 Å². The van der Waals surface area contributed by atoms with E-state index in [2.05, 4.69) is 55.2 Å². The molecule has 0 bridgehead atoms. The van der Waals surface area contributed by atoms with E-state index in [-0.39, 0.29) is 37.6 Å². The van der Waals surface area contributed by atoms with Crippen LogP contribution in [0.25, 0.3) is 12.2 Å². The summed E-state index contributed by atoms with van der Waals surface area (Å²) in [5.74, 6) is -0.524. The van der Waals surface area contributed by atoms with E-state index in [1.807, 2.05) is 29.1 Å². The van der Waals surface area contributed by atoms with Gasteiger partial charge >= 0.3 is 0 Å². The summed E-state index contributed by atoms with van der Waals surface area (Å²) < 4.78 is 53.1. The number of pyridine rings is 1. The number of amides is 1. The molecule has 1 unspecified atom stereocenters. The summed E-state index contributed by atoms with van der Waals surface area (Å²) >= 11 is -1.95. The fourth-order valence-electron chi connectivity index (χ4n) is 5.30. The third-order valence-corrected chi connectivity index (χ3v) is 9.39. The number of carbonyl (C=O) groups excluding carboxylic acids is 1. The maximum Gasteiger partial charge on any atom is 0.264 e. The Hall–Kier alpha value is -2.60. The Morgan fingerprint density at radius 2 is 1.35 bits per heavy atom. The molecule has 0 spiro atoms. The Morgan fingerprint density at radius 1 is 0.783 bits per heavy atom. The lowest BCUT2D eigenvalue weighted by Gasteiger charge is -2.25. The Labute approximate surface area is 280 Å². The number of nitrogens with zero attached hydrogens (tertiary/aromatic N) is 3. The predicted molar refractivity (Wildman–Crippen MR) is 190 cm³/mol. The molecule has 0 aliphatic rings. The molecular weight excluding hydrogens is 623 g/mol. The van der Waals surface area contributed by atoms with Crippen molar-refractivity contribution in [2.45, 2.75) is 97.4 Å². The number of unbranched alkanes of at least 4 members (excludes halogenated alkanes) is 6. The van der Waals surface area contributed by atoms with Gasteiger partial charge in [-0.15, -0.1) is 0 Å². The maximum atomic E-state index is 12.8. The molecule has 9 nitrogen and oxygen atoms in total.